The molecule has 0 spiro atoms. The molecule has 2 aromatic heterocycles. The Balaban J connectivity index is 1.44. The number of hydrogen-bond donors (Lipinski definition) is 2. The second-order valence-corrected chi connectivity index (χ2v) is 6.46. The second kappa shape index (κ2) is 6.28. The number of ether oxygens (including phenoxy) is 2. The summed E-state index contributed by atoms with van der Waals surface area (Å²) in [7, 11) is 0. The quantitative estimate of drug-likeness (QED) is 0.577. The Hall–Kier alpha value is -3.61. The Labute approximate surface area is 155 Å². The molecule has 1 aliphatic rings. The van der Waals surface area contributed by atoms with Gasteiger partial charge in [-0.05, 0) is 49.4 Å². The maximum Gasteiger partial charge on any atom is 0.162 e. The summed E-state index contributed by atoms with van der Waals surface area (Å²) >= 11 is 0. The molecule has 7 nitrogen and oxygen atoms in total. The van der Waals surface area contributed by atoms with Crippen LogP contribution in [0.25, 0.3) is 22.3 Å². The van der Waals surface area contributed by atoms with Crippen molar-refractivity contribution in [3.8, 4) is 22.9 Å². The van der Waals surface area contributed by atoms with Crippen LogP contribution in [0.15, 0.2) is 54.9 Å². The fourth-order valence-corrected chi connectivity index (χ4v) is 3.05. The van der Waals surface area contributed by atoms with E-state index in [0.717, 1.165) is 33.7 Å². The van der Waals surface area contributed by atoms with E-state index < -0.39 is 0 Å². The third-order valence-corrected chi connectivity index (χ3v) is 4.37. The van der Waals surface area contributed by atoms with Gasteiger partial charge in [0.05, 0.1) is 11.7 Å². The zero-order chi connectivity index (χ0) is 18.2. The third-order valence-electron chi connectivity index (χ3n) is 4.37. The minimum absolute atomic E-state index is 0.0273. The summed E-state index contributed by atoms with van der Waals surface area (Å²) in [6, 6.07) is 13.6. The smallest absolute Gasteiger partial charge is 0.162 e. The molecule has 0 saturated heterocycles. The molecule has 0 fully saturated rings. The van der Waals surface area contributed by atoms with E-state index in [9.17, 15) is 0 Å². The van der Waals surface area contributed by atoms with Crippen LogP contribution in [0.2, 0.25) is 0 Å². The number of fused-ring (bicyclic) bond motifs is 2. The lowest BCUT2D eigenvalue weighted by atomic mass is 10.1. The Morgan fingerprint density at radius 2 is 2.07 bits per heavy atom. The predicted molar refractivity (Wildman–Crippen MR) is 102 cm³/mol. The van der Waals surface area contributed by atoms with Crippen LogP contribution in [0.5, 0.6) is 11.5 Å². The van der Waals surface area contributed by atoms with Crippen molar-refractivity contribution in [3.05, 3.63) is 54.9 Å². The minimum atomic E-state index is 0.0273. The lowest BCUT2D eigenvalue weighted by molar-refractivity contribution is 0.104. The van der Waals surface area contributed by atoms with Gasteiger partial charge in [-0.15, -0.1) is 0 Å². The summed E-state index contributed by atoms with van der Waals surface area (Å²) in [5, 5.41) is 11.3. The van der Waals surface area contributed by atoms with Crippen molar-refractivity contribution in [2.24, 2.45) is 0 Å². The van der Waals surface area contributed by atoms with E-state index in [2.05, 4.69) is 25.5 Å². The molecule has 4 aromatic rings. The maximum absolute atomic E-state index is 5.85. The molecule has 1 aliphatic heterocycles. The summed E-state index contributed by atoms with van der Waals surface area (Å²) in [5.41, 5.74) is 2.80. The number of hydrogen-bond acceptors (Lipinski definition) is 6. The van der Waals surface area contributed by atoms with Crippen molar-refractivity contribution in [2.45, 2.75) is 13.0 Å². The lowest BCUT2D eigenvalue weighted by Crippen LogP contribution is -2.25. The second-order valence-electron chi connectivity index (χ2n) is 6.46. The van der Waals surface area contributed by atoms with Gasteiger partial charge in [0.15, 0.2) is 17.3 Å². The first-order chi connectivity index (χ1) is 13.2. The monoisotopic (exact) mass is 359 g/mol. The van der Waals surface area contributed by atoms with Gasteiger partial charge in [-0.1, -0.05) is 0 Å². The van der Waals surface area contributed by atoms with Crippen molar-refractivity contribution < 1.29 is 9.47 Å². The van der Waals surface area contributed by atoms with E-state index in [4.69, 9.17) is 9.47 Å². The SMILES string of the molecule is CC1COc2ccc(-c3nccc(Nc4ccc5[nH]ncc5c4)n3)cc2O1. The molecule has 7 heteroatoms. The number of aromatic nitrogens is 4. The molecular formula is C20H17N5O2. The molecular weight excluding hydrogens is 342 g/mol. The van der Waals surface area contributed by atoms with E-state index in [1.54, 1.807) is 12.4 Å². The summed E-state index contributed by atoms with van der Waals surface area (Å²) in [6.45, 7) is 2.54. The molecule has 2 aromatic carbocycles. The highest BCUT2D eigenvalue weighted by molar-refractivity contribution is 5.82. The topological polar surface area (TPSA) is 85.0 Å². The first-order valence-electron chi connectivity index (χ1n) is 8.72. The van der Waals surface area contributed by atoms with Crippen molar-refractivity contribution in [2.75, 3.05) is 11.9 Å². The molecule has 1 unspecified atom stereocenters. The molecule has 0 radical (unpaired) electrons. The average Bonchev–Trinajstić information content (AvgIpc) is 3.15. The first-order valence-corrected chi connectivity index (χ1v) is 8.72. The minimum Gasteiger partial charge on any atom is -0.486 e. The fraction of sp³-hybridized carbons (Fsp3) is 0.150. The van der Waals surface area contributed by atoms with Gasteiger partial charge in [-0.25, -0.2) is 9.97 Å². The largest absolute Gasteiger partial charge is 0.486 e. The van der Waals surface area contributed by atoms with Gasteiger partial charge < -0.3 is 14.8 Å². The first kappa shape index (κ1) is 15.6. The van der Waals surface area contributed by atoms with Crippen LogP contribution in [0.1, 0.15) is 6.92 Å². The van der Waals surface area contributed by atoms with E-state index in [1.807, 2.05) is 49.4 Å². The number of benzene rings is 2. The third kappa shape index (κ3) is 3.03. The van der Waals surface area contributed by atoms with Gasteiger partial charge in [-0.2, -0.15) is 5.10 Å². The Morgan fingerprint density at radius 1 is 1.11 bits per heavy atom. The van der Waals surface area contributed by atoms with Crippen LogP contribution >= 0.6 is 0 Å². The average molecular weight is 359 g/mol. The fourth-order valence-electron chi connectivity index (χ4n) is 3.05. The van der Waals surface area contributed by atoms with Crippen molar-refractivity contribution in [1.29, 1.82) is 0 Å². The molecule has 0 amide bonds. The Bertz CT molecular complexity index is 1120. The van der Waals surface area contributed by atoms with E-state index >= 15 is 0 Å². The standard InChI is InChI=1S/C20H17N5O2/c1-12-11-26-17-5-2-13(9-18(17)27-12)20-21-7-6-19(24-20)23-15-3-4-16-14(8-15)10-22-25-16/h2-10,12H,11H2,1H3,(H,22,25)(H,21,23,24). The van der Waals surface area contributed by atoms with Crippen molar-refractivity contribution in [3.63, 3.8) is 0 Å². The number of nitrogens with one attached hydrogen (secondary N) is 2. The molecule has 2 N–H and O–H groups in total. The highest BCUT2D eigenvalue weighted by Gasteiger charge is 2.18. The molecule has 27 heavy (non-hydrogen) atoms. The number of aromatic amines is 1. The van der Waals surface area contributed by atoms with Gasteiger partial charge in [0.25, 0.3) is 0 Å². The van der Waals surface area contributed by atoms with Crippen LogP contribution in [-0.4, -0.2) is 32.9 Å². The van der Waals surface area contributed by atoms with Crippen LogP contribution in [0.3, 0.4) is 0 Å². The van der Waals surface area contributed by atoms with Gasteiger partial charge >= 0.3 is 0 Å². The van der Waals surface area contributed by atoms with Crippen LogP contribution in [0, 0.1) is 0 Å². The van der Waals surface area contributed by atoms with Gasteiger partial charge in [0, 0.05) is 22.8 Å². The molecule has 0 aliphatic carbocycles. The highest BCUT2D eigenvalue weighted by Crippen LogP contribution is 2.35. The molecule has 1 atom stereocenters. The summed E-state index contributed by atoms with van der Waals surface area (Å²) in [4.78, 5) is 9.03. The summed E-state index contributed by atoms with van der Waals surface area (Å²) in [5.74, 6) is 2.80. The predicted octanol–water partition coefficient (Wildman–Crippen LogP) is 3.92. The van der Waals surface area contributed by atoms with Gasteiger partial charge in [-0.3, -0.25) is 5.10 Å². The van der Waals surface area contributed by atoms with Gasteiger partial charge in [0.1, 0.15) is 18.5 Å². The van der Waals surface area contributed by atoms with Crippen LogP contribution in [0.4, 0.5) is 11.5 Å². The summed E-state index contributed by atoms with van der Waals surface area (Å²) in [6.07, 6.45) is 3.56. The van der Waals surface area contributed by atoms with Crippen molar-refractivity contribution in [1.82, 2.24) is 20.2 Å². The molecule has 0 saturated carbocycles. The highest BCUT2D eigenvalue weighted by atomic mass is 16.6. The number of nitrogens with zero attached hydrogens (tertiary/aromatic N) is 3. The Morgan fingerprint density at radius 3 is 3.04 bits per heavy atom. The maximum atomic E-state index is 5.85. The number of H-pyrrole nitrogens is 1. The molecule has 134 valence electrons. The van der Waals surface area contributed by atoms with Crippen molar-refractivity contribution >= 4 is 22.4 Å². The van der Waals surface area contributed by atoms with Crippen LogP contribution in [-0.2, 0) is 0 Å². The number of rotatable bonds is 3. The van der Waals surface area contributed by atoms with Crippen LogP contribution < -0.4 is 14.8 Å². The van der Waals surface area contributed by atoms with E-state index in [1.165, 1.54) is 0 Å². The number of anilines is 2. The molecule has 3 heterocycles. The Kier molecular flexibility index (Phi) is 3.64. The zero-order valence-electron chi connectivity index (χ0n) is 14.6. The molecule has 5 rings (SSSR count). The normalized spacial score (nSPS) is 15.7. The van der Waals surface area contributed by atoms with Gasteiger partial charge in [0.2, 0.25) is 0 Å². The van der Waals surface area contributed by atoms with E-state index in [-0.39, 0.29) is 6.10 Å². The summed E-state index contributed by atoms with van der Waals surface area (Å²) < 4.78 is 11.5. The lowest BCUT2D eigenvalue weighted by Gasteiger charge is -2.24. The van der Waals surface area contributed by atoms with E-state index in [0.29, 0.717) is 18.2 Å². The zero-order valence-corrected chi connectivity index (χ0v) is 14.6. The molecule has 0 bridgehead atoms.